The summed E-state index contributed by atoms with van der Waals surface area (Å²) in [4.78, 5) is 0. The van der Waals surface area contributed by atoms with Crippen molar-refractivity contribution in [1.29, 1.82) is 0 Å². The Bertz CT molecular complexity index is 233. The van der Waals surface area contributed by atoms with E-state index in [0.717, 1.165) is 18.8 Å². The van der Waals surface area contributed by atoms with Crippen molar-refractivity contribution in [2.45, 2.75) is 18.8 Å². The van der Waals surface area contributed by atoms with Gasteiger partial charge in [0.2, 0.25) is 0 Å². The van der Waals surface area contributed by atoms with Gasteiger partial charge in [-0.1, -0.05) is 5.21 Å². The summed E-state index contributed by atoms with van der Waals surface area (Å²) >= 11 is 5.75. The highest BCUT2D eigenvalue weighted by molar-refractivity contribution is 6.20. The van der Waals surface area contributed by atoms with Crippen molar-refractivity contribution < 1.29 is 0 Å². The van der Waals surface area contributed by atoms with Gasteiger partial charge in [-0.15, -0.1) is 16.7 Å². The van der Waals surface area contributed by atoms with Crippen molar-refractivity contribution in [3.05, 3.63) is 11.9 Å². The molecule has 1 aromatic heterocycles. The minimum Gasteiger partial charge on any atom is -0.310 e. The van der Waals surface area contributed by atoms with Gasteiger partial charge in [0.15, 0.2) is 0 Å². The lowest BCUT2D eigenvalue weighted by Crippen LogP contribution is -2.20. The number of aromatic nitrogens is 3. The Morgan fingerprint density at radius 2 is 2.50 bits per heavy atom. The zero-order chi connectivity index (χ0) is 8.97. The lowest BCUT2D eigenvalue weighted by molar-refractivity contribution is 0.664. The average Bonchev–Trinajstić information content (AvgIpc) is 2.35. The monoisotopic (exact) mass is 188 g/mol. The Balaban J connectivity index is 2.24. The fraction of sp³-hybridized carbons (Fsp3) is 0.714. The van der Waals surface area contributed by atoms with Crippen molar-refractivity contribution in [3.63, 3.8) is 0 Å². The van der Waals surface area contributed by atoms with Crippen molar-refractivity contribution in [2.75, 3.05) is 6.54 Å². The van der Waals surface area contributed by atoms with Crippen LogP contribution in [0.2, 0.25) is 0 Å². The number of hydrogen-bond donors (Lipinski definition) is 1. The third-order valence-electron chi connectivity index (χ3n) is 1.38. The van der Waals surface area contributed by atoms with Crippen LogP contribution in [0.25, 0.3) is 0 Å². The summed E-state index contributed by atoms with van der Waals surface area (Å²) in [6, 6.07) is 0. The molecule has 1 N–H and O–H groups in total. The van der Waals surface area contributed by atoms with Gasteiger partial charge in [0.05, 0.1) is 5.69 Å². The molecule has 0 saturated heterocycles. The Morgan fingerprint density at radius 1 is 1.75 bits per heavy atom. The first-order valence-electron chi connectivity index (χ1n) is 3.88. The molecule has 0 fully saturated rings. The molecule has 0 saturated carbocycles. The number of nitrogens with zero attached hydrogens (tertiary/aromatic N) is 3. The van der Waals surface area contributed by atoms with E-state index in [1.54, 1.807) is 4.68 Å². The summed E-state index contributed by atoms with van der Waals surface area (Å²) in [6.07, 6.45) is 1.88. The number of nitrogens with one attached hydrogen (secondary N) is 1. The molecule has 12 heavy (non-hydrogen) atoms. The van der Waals surface area contributed by atoms with E-state index in [9.17, 15) is 0 Å². The summed E-state index contributed by atoms with van der Waals surface area (Å²) in [5, 5.41) is 11.0. The molecule has 0 aromatic carbocycles. The highest BCUT2D eigenvalue weighted by Crippen LogP contribution is 1.93. The molecule has 0 spiro atoms. The molecule has 0 amide bonds. The van der Waals surface area contributed by atoms with Gasteiger partial charge in [-0.3, -0.25) is 4.68 Å². The maximum Gasteiger partial charge on any atom is 0.0964 e. The summed E-state index contributed by atoms with van der Waals surface area (Å²) in [5.41, 5.74) is 0.940. The number of alkyl halides is 1. The van der Waals surface area contributed by atoms with Crippen LogP contribution in [0.1, 0.15) is 12.6 Å². The molecule has 5 heteroatoms. The fourth-order valence-electron chi connectivity index (χ4n) is 0.875. The second kappa shape index (κ2) is 4.42. The molecule has 0 radical (unpaired) electrons. The zero-order valence-electron chi connectivity index (χ0n) is 7.29. The third kappa shape index (κ3) is 3.19. The Labute approximate surface area is 76.9 Å². The van der Waals surface area contributed by atoms with Crippen LogP contribution in [0.3, 0.4) is 0 Å². The van der Waals surface area contributed by atoms with Gasteiger partial charge in [-0.2, -0.15) is 0 Å². The predicted molar refractivity (Wildman–Crippen MR) is 48.0 cm³/mol. The molecule has 1 heterocycles. The lowest BCUT2D eigenvalue weighted by Gasteiger charge is -2.02. The van der Waals surface area contributed by atoms with Crippen LogP contribution in [0.15, 0.2) is 6.20 Å². The maximum atomic E-state index is 5.75. The highest BCUT2D eigenvalue weighted by atomic mass is 35.5. The van der Waals surface area contributed by atoms with E-state index in [0.29, 0.717) is 0 Å². The number of hydrogen-bond acceptors (Lipinski definition) is 3. The lowest BCUT2D eigenvalue weighted by atomic mass is 10.4. The highest BCUT2D eigenvalue weighted by Gasteiger charge is 1.98. The van der Waals surface area contributed by atoms with E-state index in [2.05, 4.69) is 15.6 Å². The second-order valence-electron chi connectivity index (χ2n) is 2.80. The molecule has 4 nitrogen and oxygen atoms in total. The standard InChI is InChI=1S/C7H13ClN4/c1-6(8)3-9-4-7-5-12(2)11-10-7/h5-6,9H,3-4H2,1-2H3. The van der Waals surface area contributed by atoms with Crippen LogP contribution in [0.4, 0.5) is 0 Å². The normalized spacial score (nSPS) is 13.2. The van der Waals surface area contributed by atoms with E-state index in [-0.39, 0.29) is 5.38 Å². The van der Waals surface area contributed by atoms with Gasteiger partial charge >= 0.3 is 0 Å². The van der Waals surface area contributed by atoms with Crippen molar-refractivity contribution in [3.8, 4) is 0 Å². The van der Waals surface area contributed by atoms with Crippen LogP contribution in [-0.4, -0.2) is 26.9 Å². The molecule has 68 valence electrons. The molecule has 1 rings (SSSR count). The van der Waals surface area contributed by atoms with E-state index in [4.69, 9.17) is 11.6 Å². The van der Waals surface area contributed by atoms with Crippen molar-refractivity contribution in [2.24, 2.45) is 7.05 Å². The number of rotatable bonds is 4. The molecule has 0 bridgehead atoms. The first-order chi connectivity index (χ1) is 5.68. The smallest absolute Gasteiger partial charge is 0.0964 e. The van der Waals surface area contributed by atoms with Gasteiger partial charge in [-0.05, 0) is 6.92 Å². The van der Waals surface area contributed by atoms with Crippen molar-refractivity contribution in [1.82, 2.24) is 20.3 Å². The van der Waals surface area contributed by atoms with E-state index < -0.39 is 0 Å². The Morgan fingerprint density at radius 3 is 3.00 bits per heavy atom. The van der Waals surface area contributed by atoms with Crippen LogP contribution in [-0.2, 0) is 13.6 Å². The Hall–Kier alpha value is -0.610. The van der Waals surface area contributed by atoms with Crippen LogP contribution >= 0.6 is 11.6 Å². The van der Waals surface area contributed by atoms with Gasteiger partial charge in [0.1, 0.15) is 0 Å². The van der Waals surface area contributed by atoms with Crippen LogP contribution < -0.4 is 5.32 Å². The summed E-state index contributed by atoms with van der Waals surface area (Å²) in [7, 11) is 1.85. The van der Waals surface area contributed by atoms with Gasteiger partial charge in [0.25, 0.3) is 0 Å². The van der Waals surface area contributed by atoms with Gasteiger partial charge in [0, 0.05) is 31.7 Å². The molecule has 1 unspecified atom stereocenters. The fourth-order valence-corrected chi connectivity index (χ4v) is 0.985. The number of aryl methyl sites for hydroxylation is 1. The quantitative estimate of drug-likeness (QED) is 0.702. The molecule has 1 aromatic rings. The van der Waals surface area contributed by atoms with E-state index in [1.165, 1.54) is 0 Å². The zero-order valence-corrected chi connectivity index (χ0v) is 8.04. The van der Waals surface area contributed by atoms with Gasteiger partial charge < -0.3 is 5.32 Å². The first-order valence-corrected chi connectivity index (χ1v) is 4.32. The number of halogens is 1. The SMILES string of the molecule is CC(Cl)CNCc1cn(C)nn1. The largest absolute Gasteiger partial charge is 0.310 e. The summed E-state index contributed by atoms with van der Waals surface area (Å²) in [6.45, 7) is 3.47. The summed E-state index contributed by atoms with van der Waals surface area (Å²) in [5.74, 6) is 0. The minimum atomic E-state index is 0.154. The van der Waals surface area contributed by atoms with E-state index in [1.807, 2.05) is 20.2 Å². The third-order valence-corrected chi connectivity index (χ3v) is 1.54. The topological polar surface area (TPSA) is 42.7 Å². The van der Waals surface area contributed by atoms with Crippen LogP contribution in [0, 0.1) is 0 Å². The molecule has 0 aliphatic rings. The molecule has 0 aliphatic heterocycles. The van der Waals surface area contributed by atoms with Crippen LogP contribution in [0.5, 0.6) is 0 Å². The Kier molecular flexibility index (Phi) is 3.49. The predicted octanol–water partition coefficient (Wildman–Crippen LogP) is 0.532. The van der Waals surface area contributed by atoms with E-state index >= 15 is 0 Å². The molecule has 1 atom stereocenters. The average molecular weight is 189 g/mol. The maximum absolute atomic E-state index is 5.75. The first kappa shape index (κ1) is 9.48. The molecular weight excluding hydrogens is 176 g/mol. The second-order valence-corrected chi connectivity index (χ2v) is 3.54. The molecule has 0 aliphatic carbocycles. The molecular formula is C7H13ClN4. The van der Waals surface area contributed by atoms with Gasteiger partial charge in [-0.25, -0.2) is 0 Å². The minimum absolute atomic E-state index is 0.154. The summed E-state index contributed by atoms with van der Waals surface area (Å²) < 4.78 is 1.68. The van der Waals surface area contributed by atoms with Crippen molar-refractivity contribution >= 4 is 11.6 Å².